The van der Waals surface area contributed by atoms with Crippen LogP contribution in [0.25, 0.3) is 0 Å². The van der Waals surface area contributed by atoms with Crippen LogP contribution in [0, 0.1) is 0 Å². The Morgan fingerprint density at radius 3 is 2.75 bits per heavy atom. The van der Waals surface area contributed by atoms with Gasteiger partial charge in [0.15, 0.2) is 0 Å². The van der Waals surface area contributed by atoms with Crippen molar-refractivity contribution in [2.24, 2.45) is 5.73 Å². The number of thiophene rings is 1. The molecule has 0 aliphatic heterocycles. The summed E-state index contributed by atoms with van der Waals surface area (Å²) in [4.78, 5) is 3.92. The van der Waals surface area contributed by atoms with E-state index in [9.17, 15) is 0 Å². The fraction of sp³-hybridized carbons (Fsp3) is 0.692. The Bertz CT molecular complexity index is 291. The van der Waals surface area contributed by atoms with Crippen LogP contribution in [0.3, 0.4) is 0 Å². The number of rotatable bonds is 4. The Balaban J connectivity index is 2.02. The molecule has 2 nitrogen and oxygen atoms in total. The van der Waals surface area contributed by atoms with Crippen molar-refractivity contribution in [1.82, 2.24) is 4.90 Å². The Labute approximate surface area is 102 Å². The van der Waals surface area contributed by atoms with Gasteiger partial charge in [0.05, 0.1) is 6.04 Å². The van der Waals surface area contributed by atoms with E-state index in [0.29, 0.717) is 6.04 Å². The summed E-state index contributed by atoms with van der Waals surface area (Å²) in [7, 11) is 2.24. The topological polar surface area (TPSA) is 29.3 Å². The molecule has 0 saturated heterocycles. The van der Waals surface area contributed by atoms with Gasteiger partial charge < -0.3 is 5.73 Å². The van der Waals surface area contributed by atoms with E-state index in [4.69, 9.17) is 5.73 Å². The molecule has 1 aromatic rings. The van der Waals surface area contributed by atoms with Gasteiger partial charge in [0.2, 0.25) is 0 Å². The third-order valence-electron chi connectivity index (χ3n) is 3.74. The van der Waals surface area contributed by atoms with Crippen molar-refractivity contribution in [3.63, 3.8) is 0 Å². The summed E-state index contributed by atoms with van der Waals surface area (Å²) < 4.78 is 0. The molecular weight excluding hydrogens is 216 g/mol. The minimum absolute atomic E-state index is 0.420. The maximum absolute atomic E-state index is 5.94. The third kappa shape index (κ3) is 2.65. The normalized spacial score (nSPS) is 20.2. The molecule has 3 heteroatoms. The Morgan fingerprint density at radius 2 is 2.19 bits per heavy atom. The van der Waals surface area contributed by atoms with Crippen LogP contribution in [-0.2, 0) is 0 Å². The first-order chi connectivity index (χ1) is 7.83. The molecule has 1 aliphatic rings. The lowest BCUT2D eigenvalue weighted by atomic mass is 9.93. The predicted octanol–water partition coefficient (Wildman–Crippen LogP) is 3.01. The zero-order valence-electron chi connectivity index (χ0n) is 10.1. The lowest BCUT2D eigenvalue weighted by molar-refractivity contribution is 0.142. The molecule has 1 fully saturated rings. The lowest BCUT2D eigenvalue weighted by Crippen LogP contribution is -2.39. The summed E-state index contributed by atoms with van der Waals surface area (Å²) in [6, 6.07) is 5.49. The van der Waals surface area contributed by atoms with Crippen molar-refractivity contribution >= 4 is 11.3 Å². The first kappa shape index (κ1) is 12.1. The molecule has 1 aliphatic carbocycles. The van der Waals surface area contributed by atoms with Gasteiger partial charge >= 0.3 is 0 Å². The van der Waals surface area contributed by atoms with E-state index < -0.39 is 0 Å². The monoisotopic (exact) mass is 238 g/mol. The molecular formula is C13H22N2S. The van der Waals surface area contributed by atoms with E-state index in [2.05, 4.69) is 29.5 Å². The van der Waals surface area contributed by atoms with Crippen LogP contribution < -0.4 is 5.73 Å². The van der Waals surface area contributed by atoms with E-state index in [1.54, 1.807) is 0 Å². The highest BCUT2D eigenvalue weighted by molar-refractivity contribution is 7.10. The van der Waals surface area contributed by atoms with Gasteiger partial charge in [0.1, 0.15) is 0 Å². The molecule has 1 unspecified atom stereocenters. The molecule has 0 radical (unpaired) electrons. The van der Waals surface area contributed by atoms with Gasteiger partial charge in [-0.25, -0.2) is 0 Å². The van der Waals surface area contributed by atoms with Crippen molar-refractivity contribution in [3.05, 3.63) is 22.4 Å². The maximum Gasteiger partial charge on any atom is 0.0564 e. The number of nitrogens with zero attached hydrogens (tertiary/aromatic N) is 1. The first-order valence-electron chi connectivity index (χ1n) is 6.28. The molecule has 1 heterocycles. The fourth-order valence-corrected chi connectivity index (χ4v) is 3.60. The van der Waals surface area contributed by atoms with Gasteiger partial charge in [0.25, 0.3) is 0 Å². The van der Waals surface area contributed by atoms with Crippen molar-refractivity contribution < 1.29 is 0 Å². The number of likely N-dealkylation sites (N-methyl/N-ethyl adjacent to an activating group) is 1. The van der Waals surface area contributed by atoms with Gasteiger partial charge in [-0.2, -0.15) is 0 Å². The van der Waals surface area contributed by atoms with Crippen LogP contribution in [-0.4, -0.2) is 24.5 Å². The largest absolute Gasteiger partial charge is 0.329 e. The molecule has 0 spiro atoms. The van der Waals surface area contributed by atoms with Crippen LogP contribution >= 0.6 is 11.3 Å². The first-order valence-corrected chi connectivity index (χ1v) is 7.16. The summed E-state index contributed by atoms with van der Waals surface area (Å²) in [6.45, 7) is 0.730. The summed E-state index contributed by atoms with van der Waals surface area (Å²) in [5.41, 5.74) is 5.94. The van der Waals surface area contributed by atoms with Gasteiger partial charge in [0, 0.05) is 17.5 Å². The number of nitrogens with two attached hydrogens (primary N) is 1. The molecule has 2 N–H and O–H groups in total. The van der Waals surface area contributed by atoms with Gasteiger partial charge in [-0.05, 0) is 31.3 Å². The SMILES string of the molecule is CN(C1CCCCC1)C(CN)c1cccs1. The van der Waals surface area contributed by atoms with Crippen LogP contribution in [0.5, 0.6) is 0 Å². The minimum atomic E-state index is 0.420. The van der Waals surface area contributed by atoms with E-state index in [0.717, 1.165) is 12.6 Å². The van der Waals surface area contributed by atoms with E-state index in [1.807, 2.05) is 11.3 Å². The second-order valence-corrected chi connectivity index (χ2v) is 5.70. The van der Waals surface area contributed by atoms with Crippen molar-refractivity contribution in [3.8, 4) is 0 Å². The Kier molecular flexibility index (Phi) is 4.38. The molecule has 0 amide bonds. The molecule has 0 bridgehead atoms. The smallest absolute Gasteiger partial charge is 0.0564 e. The zero-order chi connectivity index (χ0) is 11.4. The van der Waals surface area contributed by atoms with Gasteiger partial charge in [-0.15, -0.1) is 11.3 Å². The zero-order valence-corrected chi connectivity index (χ0v) is 10.9. The Hall–Kier alpha value is -0.380. The van der Waals surface area contributed by atoms with Crippen molar-refractivity contribution in [1.29, 1.82) is 0 Å². The van der Waals surface area contributed by atoms with Crippen LogP contribution in [0.4, 0.5) is 0 Å². The standard InChI is InChI=1S/C13H22N2S/c1-15(11-6-3-2-4-7-11)12(10-14)13-8-5-9-16-13/h5,8-9,11-12H,2-4,6-7,10,14H2,1H3. The Morgan fingerprint density at radius 1 is 1.44 bits per heavy atom. The lowest BCUT2D eigenvalue weighted by Gasteiger charge is -2.36. The maximum atomic E-state index is 5.94. The fourth-order valence-electron chi connectivity index (χ4n) is 2.71. The second-order valence-electron chi connectivity index (χ2n) is 4.72. The molecule has 1 atom stereocenters. The molecule has 0 aromatic carbocycles. The van der Waals surface area contributed by atoms with E-state index in [1.165, 1.54) is 37.0 Å². The average Bonchev–Trinajstić information content (AvgIpc) is 2.85. The van der Waals surface area contributed by atoms with E-state index >= 15 is 0 Å². The summed E-state index contributed by atoms with van der Waals surface area (Å²) in [5.74, 6) is 0. The molecule has 2 rings (SSSR count). The van der Waals surface area contributed by atoms with Gasteiger partial charge in [-0.1, -0.05) is 25.3 Å². The molecule has 1 saturated carbocycles. The molecule has 90 valence electrons. The third-order valence-corrected chi connectivity index (χ3v) is 4.71. The van der Waals surface area contributed by atoms with Gasteiger partial charge in [-0.3, -0.25) is 4.90 Å². The quantitative estimate of drug-likeness (QED) is 0.873. The van der Waals surface area contributed by atoms with Crippen molar-refractivity contribution in [2.45, 2.75) is 44.2 Å². The summed E-state index contributed by atoms with van der Waals surface area (Å²) >= 11 is 1.83. The van der Waals surface area contributed by atoms with Crippen molar-refractivity contribution in [2.75, 3.05) is 13.6 Å². The average molecular weight is 238 g/mol. The van der Waals surface area contributed by atoms with E-state index in [-0.39, 0.29) is 0 Å². The summed E-state index contributed by atoms with van der Waals surface area (Å²) in [5, 5.41) is 2.15. The number of hydrogen-bond acceptors (Lipinski definition) is 3. The number of hydrogen-bond donors (Lipinski definition) is 1. The summed E-state index contributed by atoms with van der Waals surface area (Å²) in [6.07, 6.45) is 6.88. The highest BCUT2D eigenvalue weighted by Gasteiger charge is 2.25. The highest BCUT2D eigenvalue weighted by Crippen LogP contribution is 2.30. The second kappa shape index (κ2) is 5.80. The minimum Gasteiger partial charge on any atom is -0.329 e. The van der Waals surface area contributed by atoms with Crippen LogP contribution in [0.15, 0.2) is 17.5 Å². The van der Waals surface area contributed by atoms with Crippen LogP contribution in [0.2, 0.25) is 0 Å². The predicted molar refractivity (Wildman–Crippen MR) is 70.8 cm³/mol. The molecule has 1 aromatic heterocycles. The van der Waals surface area contributed by atoms with Crippen LogP contribution in [0.1, 0.15) is 43.0 Å². The molecule has 16 heavy (non-hydrogen) atoms. The highest BCUT2D eigenvalue weighted by atomic mass is 32.1.